The van der Waals surface area contributed by atoms with Crippen molar-refractivity contribution < 1.29 is 0 Å². The minimum Gasteiger partial charge on any atom is -0.0795 e. The first-order valence-electron chi connectivity index (χ1n) is 4.29. The highest BCUT2D eigenvalue weighted by Crippen LogP contribution is 2.29. The summed E-state index contributed by atoms with van der Waals surface area (Å²) in [7, 11) is 0. The fourth-order valence-corrected chi connectivity index (χ4v) is 2.36. The molecule has 0 aromatic heterocycles. The Morgan fingerprint density at radius 3 is 3.00 bits per heavy atom. The molecule has 1 aliphatic carbocycles. The lowest BCUT2D eigenvalue weighted by atomic mass is 10.0. The maximum atomic E-state index is 3.58. The zero-order valence-electron chi connectivity index (χ0n) is 7.10. The Bertz CT molecular complexity index is 337. The summed E-state index contributed by atoms with van der Waals surface area (Å²) >= 11 is 3.58. The van der Waals surface area contributed by atoms with Crippen LogP contribution in [-0.2, 0) is 12.8 Å². The van der Waals surface area contributed by atoms with Gasteiger partial charge in [0.15, 0.2) is 0 Å². The molecule has 0 aliphatic heterocycles. The van der Waals surface area contributed by atoms with Crippen molar-refractivity contribution in [1.82, 2.24) is 0 Å². The van der Waals surface area contributed by atoms with Crippen LogP contribution in [0.5, 0.6) is 0 Å². The minimum atomic E-state index is 1.11. The first-order valence-corrected chi connectivity index (χ1v) is 5.09. The number of rotatable bonds is 1. The third-order valence-electron chi connectivity index (χ3n) is 2.37. The highest BCUT2D eigenvalue weighted by molar-refractivity contribution is 9.10. The van der Waals surface area contributed by atoms with E-state index in [1.165, 1.54) is 21.2 Å². The zero-order valence-corrected chi connectivity index (χ0v) is 8.69. The molecule has 0 saturated carbocycles. The molecule has 12 heavy (non-hydrogen) atoms. The van der Waals surface area contributed by atoms with Gasteiger partial charge in [-0.3, -0.25) is 0 Å². The van der Waals surface area contributed by atoms with E-state index in [9.17, 15) is 0 Å². The molecule has 1 aromatic carbocycles. The van der Waals surface area contributed by atoms with Gasteiger partial charge >= 0.3 is 0 Å². The molecule has 0 fully saturated rings. The number of allylic oxidation sites excluding steroid dienone is 1. The molecule has 2 rings (SSSR count). The van der Waals surface area contributed by atoms with E-state index < -0.39 is 0 Å². The number of benzene rings is 1. The lowest BCUT2D eigenvalue weighted by Gasteiger charge is -2.07. The van der Waals surface area contributed by atoms with Crippen LogP contribution in [0.15, 0.2) is 22.7 Å². The van der Waals surface area contributed by atoms with E-state index in [2.05, 4.69) is 47.1 Å². The minimum absolute atomic E-state index is 1.11. The van der Waals surface area contributed by atoms with Crippen LogP contribution >= 0.6 is 15.9 Å². The lowest BCUT2D eigenvalue weighted by molar-refractivity contribution is 1.11. The Labute approximate surface area is 81.4 Å². The molecule has 1 aromatic rings. The third-order valence-corrected chi connectivity index (χ3v) is 3.11. The Kier molecular flexibility index (Phi) is 2.05. The zero-order chi connectivity index (χ0) is 8.55. The van der Waals surface area contributed by atoms with E-state index in [1.54, 1.807) is 0 Å². The quantitative estimate of drug-likeness (QED) is 0.682. The van der Waals surface area contributed by atoms with Crippen LogP contribution in [0.4, 0.5) is 0 Å². The van der Waals surface area contributed by atoms with E-state index in [0.29, 0.717) is 0 Å². The molecule has 0 unspecified atom stereocenters. The first-order chi connectivity index (χ1) is 5.83. The van der Waals surface area contributed by atoms with Crippen molar-refractivity contribution in [3.05, 3.63) is 39.4 Å². The van der Waals surface area contributed by atoms with Gasteiger partial charge in [0.2, 0.25) is 0 Å². The SMILES string of the molecule is CCc1c(Br)ccc2c1C=CC2. The summed E-state index contributed by atoms with van der Waals surface area (Å²) in [6.07, 6.45) is 6.68. The molecule has 0 atom stereocenters. The van der Waals surface area contributed by atoms with Crippen molar-refractivity contribution in [2.75, 3.05) is 0 Å². The molecule has 0 radical (unpaired) electrons. The van der Waals surface area contributed by atoms with Crippen LogP contribution in [0.3, 0.4) is 0 Å². The molecule has 62 valence electrons. The predicted octanol–water partition coefficient (Wildman–Crippen LogP) is 3.58. The van der Waals surface area contributed by atoms with E-state index in [1.807, 2.05) is 0 Å². The fourth-order valence-electron chi connectivity index (χ4n) is 1.74. The van der Waals surface area contributed by atoms with Gasteiger partial charge in [-0.2, -0.15) is 0 Å². The van der Waals surface area contributed by atoms with Crippen LogP contribution in [0.2, 0.25) is 0 Å². The Hall–Kier alpha value is -0.560. The first kappa shape index (κ1) is 8.06. The Morgan fingerprint density at radius 2 is 2.25 bits per heavy atom. The van der Waals surface area contributed by atoms with Crippen molar-refractivity contribution in [1.29, 1.82) is 0 Å². The standard InChI is InChI=1S/C11H11Br/c1-2-9-10-5-3-4-8(10)6-7-11(9)12/h3,5-7H,2,4H2,1H3. The predicted molar refractivity (Wildman–Crippen MR) is 56.3 cm³/mol. The van der Waals surface area contributed by atoms with Gasteiger partial charge in [0.25, 0.3) is 0 Å². The molecule has 1 heteroatoms. The monoisotopic (exact) mass is 222 g/mol. The summed E-state index contributed by atoms with van der Waals surface area (Å²) < 4.78 is 1.25. The average molecular weight is 223 g/mol. The van der Waals surface area contributed by atoms with Crippen molar-refractivity contribution in [3.63, 3.8) is 0 Å². The fraction of sp³-hybridized carbons (Fsp3) is 0.273. The number of hydrogen-bond acceptors (Lipinski definition) is 0. The summed E-state index contributed by atoms with van der Waals surface area (Å²) in [6, 6.07) is 4.36. The topological polar surface area (TPSA) is 0 Å². The van der Waals surface area contributed by atoms with Crippen molar-refractivity contribution in [2.45, 2.75) is 19.8 Å². The summed E-state index contributed by atoms with van der Waals surface area (Å²) in [5, 5.41) is 0. The molecule has 0 bridgehead atoms. The van der Waals surface area contributed by atoms with Crippen LogP contribution in [0.1, 0.15) is 23.6 Å². The second-order valence-corrected chi connectivity index (χ2v) is 3.91. The number of halogens is 1. The molecular weight excluding hydrogens is 212 g/mol. The molecule has 1 aliphatic rings. The van der Waals surface area contributed by atoms with Gasteiger partial charge < -0.3 is 0 Å². The normalized spacial score (nSPS) is 13.5. The molecule has 0 N–H and O–H groups in total. The van der Waals surface area contributed by atoms with Gasteiger partial charge in [-0.25, -0.2) is 0 Å². The van der Waals surface area contributed by atoms with Gasteiger partial charge in [-0.15, -0.1) is 0 Å². The summed E-state index contributed by atoms with van der Waals surface area (Å²) in [4.78, 5) is 0. The molecule has 0 nitrogen and oxygen atoms in total. The molecular formula is C11H11Br. The van der Waals surface area contributed by atoms with Crippen molar-refractivity contribution >= 4 is 22.0 Å². The van der Waals surface area contributed by atoms with Crippen LogP contribution < -0.4 is 0 Å². The van der Waals surface area contributed by atoms with E-state index >= 15 is 0 Å². The molecule has 0 amide bonds. The number of fused-ring (bicyclic) bond motifs is 1. The molecule has 0 saturated heterocycles. The smallest absolute Gasteiger partial charge is 0.0213 e. The largest absolute Gasteiger partial charge is 0.0795 e. The maximum Gasteiger partial charge on any atom is 0.0213 e. The van der Waals surface area contributed by atoms with Crippen LogP contribution in [0, 0.1) is 0 Å². The Balaban J connectivity index is 2.64. The number of hydrogen-bond donors (Lipinski definition) is 0. The third kappa shape index (κ3) is 1.13. The van der Waals surface area contributed by atoms with Gasteiger partial charge in [0.05, 0.1) is 0 Å². The average Bonchev–Trinajstić information content (AvgIpc) is 2.52. The molecule has 0 heterocycles. The van der Waals surface area contributed by atoms with Crippen LogP contribution in [0.25, 0.3) is 6.08 Å². The second-order valence-electron chi connectivity index (χ2n) is 3.06. The maximum absolute atomic E-state index is 3.58. The molecule has 0 spiro atoms. The van der Waals surface area contributed by atoms with Crippen LogP contribution in [-0.4, -0.2) is 0 Å². The van der Waals surface area contributed by atoms with Crippen molar-refractivity contribution in [3.8, 4) is 0 Å². The second kappa shape index (κ2) is 3.06. The highest BCUT2D eigenvalue weighted by Gasteiger charge is 2.10. The van der Waals surface area contributed by atoms with Crippen molar-refractivity contribution in [2.24, 2.45) is 0 Å². The highest BCUT2D eigenvalue weighted by atomic mass is 79.9. The van der Waals surface area contributed by atoms with Gasteiger partial charge in [0, 0.05) is 4.47 Å². The summed E-state index contributed by atoms with van der Waals surface area (Å²) in [6.45, 7) is 2.20. The van der Waals surface area contributed by atoms with E-state index in [4.69, 9.17) is 0 Å². The lowest BCUT2D eigenvalue weighted by Crippen LogP contribution is -1.90. The summed E-state index contributed by atoms with van der Waals surface area (Å²) in [5.41, 5.74) is 4.35. The van der Waals surface area contributed by atoms with Gasteiger partial charge in [-0.1, -0.05) is 41.1 Å². The van der Waals surface area contributed by atoms with Gasteiger partial charge in [-0.05, 0) is 35.6 Å². The summed E-state index contributed by atoms with van der Waals surface area (Å²) in [5.74, 6) is 0. The Morgan fingerprint density at radius 1 is 1.42 bits per heavy atom. The van der Waals surface area contributed by atoms with Gasteiger partial charge in [0.1, 0.15) is 0 Å². The van der Waals surface area contributed by atoms with E-state index in [0.717, 1.165) is 12.8 Å². The van der Waals surface area contributed by atoms with E-state index in [-0.39, 0.29) is 0 Å².